The molecule has 1 N–H and O–H groups in total. The standard InChI is InChI=1S/C13H16N4O/c1-3-11-8-12(16-15-11)13(18)17(2)9-10-4-6-14-7-5-10/h4-8H,3,9H2,1-2H3,(H,15,16). The first-order valence-electron chi connectivity index (χ1n) is 5.89. The predicted octanol–water partition coefficient (Wildman–Crippen LogP) is 1.64. The normalized spacial score (nSPS) is 10.3. The number of aromatic nitrogens is 3. The molecule has 5 nitrogen and oxygen atoms in total. The Morgan fingerprint density at radius 1 is 1.39 bits per heavy atom. The number of hydrogen-bond donors (Lipinski definition) is 1. The maximum absolute atomic E-state index is 12.1. The Morgan fingerprint density at radius 2 is 2.11 bits per heavy atom. The first kappa shape index (κ1) is 12.3. The number of rotatable bonds is 4. The molecular weight excluding hydrogens is 228 g/mol. The Hall–Kier alpha value is -2.17. The van der Waals surface area contributed by atoms with Crippen molar-refractivity contribution in [2.75, 3.05) is 7.05 Å². The lowest BCUT2D eigenvalue weighted by Gasteiger charge is -2.15. The van der Waals surface area contributed by atoms with Crippen molar-refractivity contribution in [2.45, 2.75) is 19.9 Å². The summed E-state index contributed by atoms with van der Waals surface area (Å²) >= 11 is 0. The van der Waals surface area contributed by atoms with E-state index < -0.39 is 0 Å². The molecule has 2 heterocycles. The minimum atomic E-state index is -0.0808. The zero-order chi connectivity index (χ0) is 13.0. The van der Waals surface area contributed by atoms with E-state index in [-0.39, 0.29) is 5.91 Å². The van der Waals surface area contributed by atoms with E-state index in [1.165, 1.54) is 0 Å². The number of H-pyrrole nitrogens is 1. The van der Waals surface area contributed by atoms with Crippen molar-refractivity contribution in [1.82, 2.24) is 20.1 Å². The van der Waals surface area contributed by atoms with E-state index in [9.17, 15) is 4.79 Å². The van der Waals surface area contributed by atoms with Crippen LogP contribution in [0.3, 0.4) is 0 Å². The van der Waals surface area contributed by atoms with Gasteiger partial charge < -0.3 is 4.90 Å². The van der Waals surface area contributed by atoms with Crippen LogP contribution < -0.4 is 0 Å². The number of amides is 1. The van der Waals surface area contributed by atoms with Crippen LogP contribution in [0.1, 0.15) is 28.7 Å². The van der Waals surface area contributed by atoms with Crippen molar-refractivity contribution in [3.05, 3.63) is 47.5 Å². The van der Waals surface area contributed by atoms with Gasteiger partial charge in [0.2, 0.25) is 0 Å². The molecular formula is C13H16N4O. The number of carbonyl (C=O) groups is 1. The van der Waals surface area contributed by atoms with Crippen molar-refractivity contribution in [1.29, 1.82) is 0 Å². The summed E-state index contributed by atoms with van der Waals surface area (Å²) < 4.78 is 0. The number of aryl methyl sites for hydroxylation is 1. The average molecular weight is 244 g/mol. The molecule has 18 heavy (non-hydrogen) atoms. The number of aromatic amines is 1. The molecule has 0 unspecified atom stereocenters. The molecule has 0 aliphatic rings. The molecule has 0 aliphatic carbocycles. The molecule has 0 bridgehead atoms. The summed E-state index contributed by atoms with van der Waals surface area (Å²) in [7, 11) is 1.77. The molecule has 0 aromatic carbocycles. The second-order valence-electron chi connectivity index (χ2n) is 4.15. The van der Waals surface area contributed by atoms with Gasteiger partial charge in [0.25, 0.3) is 5.91 Å². The van der Waals surface area contributed by atoms with Gasteiger partial charge in [0, 0.05) is 31.7 Å². The van der Waals surface area contributed by atoms with Crippen molar-refractivity contribution in [3.63, 3.8) is 0 Å². The molecule has 0 radical (unpaired) electrons. The zero-order valence-electron chi connectivity index (χ0n) is 10.6. The van der Waals surface area contributed by atoms with E-state index in [1.54, 1.807) is 30.4 Å². The SMILES string of the molecule is CCc1cc(C(=O)N(C)Cc2ccncc2)n[nH]1. The van der Waals surface area contributed by atoms with Crippen LogP contribution in [-0.4, -0.2) is 33.0 Å². The predicted molar refractivity (Wildman–Crippen MR) is 68.0 cm³/mol. The lowest BCUT2D eigenvalue weighted by molar-refractivity contribution is 0.0779. The Balaban J connectivity index is 2.05. The Morgan fingerprint density at radius 3 is 2.72 bits per heavy atom. The van der Waals surface area contributed by atoms with Gasteiger partial charge in [0.15, 0.2) is 0 Å². The Kier molecular flexibility index (Phi) is 3.72. The summed E-state index contributed by atoms with van der Waals surface area (Å²) in [6.45, 7) is 2.57. The van der Waals surface area contributed by atoms with Gasteiger partial charge >= 0.3 is 0 Å². The largest absolute Gasteiger partial charge is 0.336 e. The summed E-state index contributed by atoms with van der Waals surface area (Å²) in [6.07, 6.45) is 4.28. The lowest BCUT2D eigenvalue weighted by Crippen LogP contribution is -2.26. The summed E-state index contributed by atoms with van der Waals surface area (Å²) in [5, 5.41) is 6.87. The number of nitrogens with one attached hydrogen (secondary N) is 1. The van der Waals surface area contributed by atoms with Gasteiger partial charge in [0.1, 0.15) is 5.69 Å². The van der Waals surface area contributed by atoms with Crippen LogP contribution in [0.2, 0.25) is 0 Å². The first-order valence-corrected chi connectivity index (χ1v) is 5.89. The quantitative estimate of drug-likeness (QED) is 0.889. The Labute approximate surface area is 106 Å². The Bertz CT molecular complexity index is 521. The molecule has 1 amide bonds. The molecule has 2 aromatic rings. The van der Waals surface area contributed by atoms with Gasteiger partial charge in [-0.25, -0.2) is 0 Å². The van der Waals surface area contributed by atoms with Crippen molar-refractivity contribution >= 4 is 5.91 Å². The maximum Gasteiger partial charge on any atom is 0.274 e. The minimum absolute atomic E-state index is 0.0808. The van der Waals surface area contributed by atoms with Gasteiger partial charge in [-0.05, 0) is 30.2 Å². The third-order valence-electron chi connectivity index (χ3n) is 2.75. The highest BCUT2D eigenvalue weighted by Gasteiger charge is 2.15. The van der Waals surface area contributed by atoms with Crippen LogP contribution in [0.5, 0.6) is 0 Å². The minimum Gasteiger partial charge on any atom is -0.336 e. The number of nitrogens with zero attached hydrogens (tertiary/aromatic N) is 3. The van der Waals surface area contributed by atoms with Gasteiger partial charge in [-0.1, -0.05) is 6.92 Å². The number of hydrogen-bond acceptors (Lipinski definition) is 3. The van der Waals surface area contributed by atoms with Crippen LogP contribution in [0.15, 0.2) is 30.6 Å². The fraction of sp³-hybridized carbons (Fsp3) is 0.308. The number of pyridine rings is 1. The highest BCUT2D eigenvalue weighted by Crippen LogP contribution is 2.07. The van der Waals surface area contributed by atoms with Gasteiger partial charge in [-0.2, -0.15) is 5.10 Å². The molecule has 0 spiro atoms. The fourth-order valence-electron chi connectivity index (χ4n) is 1.68. The lowest BCUT2D eigenvalue weighted by atomic mass is 10.2. The zero-order valence-corrected chi connectivity index (χ0v) is 10.6. The highest BCUT2D eigenvalue weighted by atomic mass is 16.2. The monoisotopic (exact) mass is 244 g/mol. The third-order valence-corrected chi connectivity index (χ3v) is 2.75. The van der Waals surface area contributed by atoms with Crippen LogP contribution in [0.25, 0.3) is 0 Å². The average Bonchev–Trinajstić information content (AvgIpc) is 2.87. The molecule has 0 saturated heterocycles. The highest BCUT2D eigenvalue weighted by molar-refractivity contribution is 5.92. The van der Waals surface area contributed by atoms with Crippen LogP contribution in [0.4, 0.5) is 0 Å². The first-order chi connectivity index (χ1) is 8.70. The molecule has 2 rings (SSSR count). The molecule has 0 atom stereocenters. The molecule has 2 aromatic heterocycles. The second-order valence-corrected chi connectivity index (χ2v) is 4.15. The summed E-state index contributed by atoms with van der Waals surface area (Å²) in [6, 6.07) is 5.59. The third kappa shape index (κ3) is 2.74. The smallest absolute Gasteiger partial charge is 0.274 e. The topological polar surface area (TPSA) is 61.9 Å². The van der Waals surface area contributed by atoms with E-state index >= 15 is 0 Å². The number of carbonyl (C=O) groups excluding carboxylic acids is 1. The van der Waals surface area contributed by atoms with E-state index in [1.807, 2.05) is 19.1 Å². The van der Waals surface area contributed by atoms with Gasteiger partial charge in [-0.3, -0.25) is 14.9 Å². The summed E-state index contributed by atoms with van der Waals surface area (Å²) in [5.41, 5.74) is 2.48. The molecule has 94 valence electrons. The van der Waals surface area contributed by atoms with E-state index in [2.05, 4.69) is 15.2 Å². The summed E-state index contributed by atoms with van der Waals surface area (Å²) in [5.74, 6) is -0.0808. The maximum atomic E-state index is 12.1. The van der Waals surface area contributed by atoms with Crippen LogP contribution in [-0.2, 0) is 13.0 Å². The molecule has 5 heteroatoms. The summed E-state index contributed by atoms with van der Waals surface area (Å²) in [4.78, 5) is 17.7. The molecule has 0 saturated carbocycles. The van der Waals surface area contributed by atoms with Gasteiger partial charge in [0.05, 0.1) is 0 Å². The van der Waals surface area contributed by atoms with E-state index in [0.29, 0.717) is 12.2 Å². The van der Waals surface area contributed by atoms with Crippen LogP contribution in [0, 0.1) is 0 Å². The van der Waals surface area contributed by atoms with E-state index in [0.717, 1.165) is 17.7 Å². The van der Waals surface area contributed by atoms with Crippen LogP contribution >= 0.6 is 0 Å². The van der Waals surface area contributed by atoms with Crippen molar-refractivity contribution in [2.24, 2.45) is 0 Å². The second kappa shape index (κ2) is 5.44. The fourth-order valence-corrected chi connectivity index (χ4v) is 1.68. The molecule has 0 fully saturated rings. The van der Waals surface area contributed by atoms with Crippen molar-refractivity contribution < 1.29 is 4.79 Å². The molecule has 0 aliphatic heterocycles. The van der Waals surface area contributed by atoms with Crippen molar-refractivity contribution in [3.8, 4) is 0 Å². The van der Waals surface area contributed by atoms with E-state index in [4.69, 9.17) is 0 Å². The van der Waals surface area contributed by atoms with Gasteiger partial charge in [-0.15, -0.1) is 0 Å².